The molecular weight excluding hydrogens is 242 g/mol. The van der Waals surface area contributed by atoms with Crippen LogP contribution in [0.1, 0.15) is 12.0 Å². The van der Waals surface area contributed by atoms with Crippen LogP contribution in [-0.4, -0.2) is 55.6 Å². The van der Waals surface area contributed by atoms with Crippen LogP contribution in [0.5, 0.6) is 5.75 Å². The third kappa shape index (κ3) is 3.69. The highest BCUT2D eigenvalue weighted by molar-refractivity contribution is 5.31. The van der Waals surface area contributed by atoms with Gasteiger partial charge in [-0.05, 0) is 25.0 Å². The number of likely N-dealkylation sites (tertiary alicyclic amines) is 1. The average molecular weight is 265 g/mol. The number of aryl methyl sites for hydroxylation is 1. The van der Waals surface area contributed by atoms with Gasteiger partial charge in [0, 0.05) is 26.2 Å². The highest BCUT2D eigenvalue weighted by atomic mass is 16.5. The zero-order valence-electron chi connectivity index (χ0n) is 11.7. The zero-order chi connectivity index (χ0) is 13.7. The number of para-hydroxylation sites is 1. The normalized spacial score (nSPS) is 23.7. The van der Waals surface area contributed by atoms with Gasteiger partial charge < -0.3 is 14.6 Å². The van der Waals surface area contributed by atoms with Crippen molar-refractivity contribution in [1.29, 1.82) is 0 Å². The molecule has 4 heteroatoms. The smallest absolute Gasteiger partial charge is 0.122 e. The Morgan fingerprint density at radius 1 is 1.37 bits per heavy atom. The van der Waals surface area contributed by atoms with Crippen molar-refractivity contribution in [3.63, 3.8) is 0 Å². The summed E-state index contributed by atoms with van der Waals surface area (Å²) in [5.74, 6) is 0.936. The molecule has 0 bridgehead atoms. The Morgan fingerprint density at radius 2 is 2.16 bits per heavy atom. The van der Waals surface area contributed by atoms with E-state index in [4.69, 9.17) is 9.47 Å². The van der Waals surface area contributed by atoms with Crippen molar-refractivity contribution in [3.8, 4) is 5.75 Å². The molecule has 1 saturated heterocycles. The molecule has 0 saturated carbocycles. The minimum absolute atomic E-state index is 0.185. The number of aliphatic hydroxyl groups excluding tert-OH is 1. The molecule has 106 valence electrons. The molecule has 1 aliphatic heterocycles. The first kappa shape index (κ1) is 14.3. The van der Waals surface area contributed by atoms with Crippen LogP contribution in [0.4, 0.5) is 0 Å². The second-order valence-corrected chi connectivity index (χ2v) is 5.04. The third-order valence-corrected chi connectivity index (χ3v) is 3.76. The van der Waals surface area contributed by atoms with Crippen LogP contribution in [0.25, 0.3) is 0 Å². The number of hydrogen-bond donors (Lipinski definition) is 1. The quantitative estimate of drug-likeness (QED) is 0.845. The predicted octanol–water partition coefficient (Wildman–Crippen LogP) is 1.46. The van der Waals surface area contributed by atoms with E-state index in [0.717, 1.165) is 30.8 Å². The Labute approximate surface area is 114 Å². The van der Waals surface area contributed by atoms with Gasteiger partial charge >= 0.3 is 0 Å². The third-order valence-electron chi connectivity index (χ3n) is 3.76. The Morgan fingerprint density at radius 3 is 2.84 bits per heavy atom. The van der Waals surface area contributed by atoms with E-state index in [1.807, 2.05) is 31.2 Å². The van der Waals surface area contributed by atoms with Crippen LogP contribution < -0.4 is 4.74 Å². The van der Waals surface area contributed by atoms with Crippen molar-refractivity contribution >= 4 is 0 Å². The van der Waals surface area contributed by atoms with Crippen molar-refractivity contribution in [3.05, 3.63) is 29.8 Å². The number of ether oxygens (including phenoxy) is 2. The summed E-state index contributed by atoms with van der Waals surface area (Å²) in [6, 6.07) is 8.22. The fourth-order valence-electron chi connectivity index (χ4n) is 2.56. The monoisotopic (exact) mass is 265 g/mol. The molecule has 0 radical (unpaired) electrons. The minimum atomic E-state index is 0.185. The molecule has 1 aromatic carbocycles. The summed E-state index contributed by atoms with van der Waals surface area (Å²) in [7, 11) is 1.73. The lowest BCUT2D eigenvalue weighted by molar-refractivity contribution is 0.105. The van der Waals surface area contributed by atoms with Crippen molar-refractivity contribution in [2.75, 3.05) is 33.4 Å². The number of benzene rings is 1. The van der Waals surface area contributed by atoms with Gasteiger partial charge in [-0.15, -0.1) is 0 Å². The van der Waals surface area contributed by atoms with Gasteiger partial charge in [0.2, 0.25) is 0 Å². The van der Waals surface area contributed by atoms with Gasteiger partial charge in [0.1, 0.15) is 12.4 Å². The lowest BCUT2D eigenvalue weighted by Crippen LogP contribution is -2.35. The molecule has 0 aromatic heterocycles. The maximum atomic E-state index is 9.37. The molecule has 0 aliphatic carbocycles. The summed E-state index contributed by atoms with van der Waals surface area (Å²) in [5.41, 5.74) is 1.15. The highest BCUT2D eigenvalue weighted by Crippen LogP contribution is 2.20. The maximum absolute atomic E-state index is 9.37. The van der Waals surface area contributed by atoms with Crippen molar-refractivity contribution < 1.29 is 14.6 Å². The molecule has 4 nitrogen and oxygen atoms in total. The molecule has 1 aliphatic rings. The van der Waals surface area contributed by atoms with Crippen molar-refractivity contribution in [2.45, 2.75) is 25.5 Å². The number of methoxy groups -OCH3 is 1. The first-order chi connectivity index (χ1) is 9.24. The van der Waals surface area contributed by atoms with Crippen LogP contribution in [-0.2, 0) is 4.74 Å². The van der Waals surface area contributed by atoms with Gasteiger partial charge in [-0.25, -0.2) is 0 Å². The van der Waals surface area contributed by atoms with Crippen LogP contribution in [0, 0.1) is 6.92 Å². The molecule has 1 aromatic rings. The SMILES string of the molecule is CO[C@H]1C[C@@H](CO)N(CCOc2ccccc2C)C1. The van der Waals surface area contributed by atoms with E-state index in [1.165, 1.54) is 0 Å². The Bertz CT molecular complexity index is 397. The van der Waals surface area contributed by atoms with Gasteiger partial charge in [0.25, 0.3) is 0 Å². The maximum Gasteiger partial charge on any atom is 0.122 e. The minimum Gasteiger partial charge on any atom is -0.492 e. The van der Waals surface area contributed by atoms with Crippen LogP contribution in [0.3, 0.4) is 0 Å². The van der Waals surface area contributed by atoms with E-state index in [0.29, 0.717) is 6.61 Å². The van der Waals surface area contributed by atoms with E-state index < -0.39 is 0 Å². The molecule has 0 spiro atoms. The Balaban J connectivity index is 1.81. The molecule has 1 heterocycles. The lowest BCUT2D eigenvalue weighted by Gasteiger charge is -2.22. The number of aliphatic hydroxyl groups is 1. The molecule has 2 rings (SSSR count). The van der Waals surface area contributed by atoms with Gasteiger partial charge in [0.05, 0.1) is 12.7 Å². The highest BCUT2D eigenvalue weighted by Gasteiger charge is 2.31. The Hall–Kier alpha value is -1.10. The Kier molecular flexibility index (Phi) is 5.19. The fraction of sp³-hybridized carbons (Fsp3) is 0.600. The summed E-state index contributed by atoms with van der Waals surface area (Å²) < 4.78 is 11.2. The molecule has 0 amide bonds. The van der Waals surface area contributed by atoms with Crippen molar-refractivity contribution in [2.24, 2.45) is 0 Å². The number of nitrogens with zero attached hydrogens (tertiary/aromatic N) is 1. The first-order valence-corrected chi connectivity index (χ1v) is 6.80. The van der Waals surface area contributed by atoms with Crippen LogP contribution in [0.15, 0.2) is 24.3 Å². The van der Waals surface area contributed by atoms with E-state index in [-0.39, 0.29) is 18.8 Å². The zero-order valence-corrected chi connectivity index (χ0v) is 11.7. The topological polar surface area (TPSA) is 41.9 Å². The molecule has 2 atom stereocenters. The second-order valence-electron chi connectivity index (χ2n) is 5.04. The van der Waals surface area contributed by atoms with Crippen LogP contribution >= 0.6 is 0 Å². The van der Waals surface area contributed by atoms with E-state index in [2.05, 4.69) is 4.90 Å². The summed E-state index contributed by atoms with van der Waals surface area (Å²) in [4.78, 5) is 2.24. The fourth-order valence-corrected chi connectivity index (χ4v) is 2.56. The summed E-state index contributed by atoms with van der Waals surface area (Å²) >= 11 is 0. The van der Waals surface area contributed by atoms with E-state index in [1.54, 1.807) is 7.11 Å². The molecule has 1 N–H and O–H groups in total. The molecule has 1 fully saturated rings. The van der Waals surface area contributed by atoms with E-state index in [9.17, 15) is 5.11 Å². The van der Waals surface area contributed by atoms with Gasteiger partial charge in [-0.2, -0.15) is 0 Å². The summed E-state index contributed by atoms with van der Waals surface area (Å²) in [6.07, 6.45) is 1.13. The average Bonchev–Trinajstić information content (AvgIpc) is 2.83. The molecule has 0 unspecified atom stereocenters. The van der Waals surface area contributed by atoms with Gasteiger partial charge in [-0.3, -0.25) is 4.90 Å². The van der Waals surface area contributed by atoms with E-state index >= 15 is 0 Å². The van der Waals surface area contributed by atoms with Crippen LogP contribution in [0.2, 0.25) is 0 Å². The summed E-state index contributed by atoms with van der Waals surface area (Å²) in [5, 5.41) is 9.37. The second kappa shape index (κ2) is 6.89. The van der Waals surface area contributed by atoms with Crippen molar-refractivity contribution in [1.82, 2.24) is 4.90 Å². The lowest BCUT2D eigenvalue weighted by atomic mass is 10.2. The van der Waals surface area contributed by atoms with Gasteiger partial charge in [-0.1, -0.05) is 18.2 Å². The number of hydrogen-bond acceptors (Lipinski definition) is 4. The molecule has 19 heavy (non-hydrogen) atoms. The number of rotatable bonds is 6. The van der Waals surface area contributed by atoms with Gasteiger partial charge in [0.15, 0.2) is 0 Å². The largest absolute Gasteiger partial charge is 0.492 e. The standard InChI is InChI=1S/C15H23NO3/c1-12-5-3-4-6-15(12)19-8-7-16-10-14(18-2)9-13(16)11-17/h3-6,13-14,17H,7-11H2,1-2H3/t13-,14-/m0/s1. The summed E-state index contributed by atoms with van der Waals surface area (Å²) in [6.45, 7) is 4.56. The predicted molar refractivity (Wildman–Crippen MR) is 74.5 cm³/mol. The molecular formula is C15H23NO3. The first-order valence-electron chi connectivity index (χ1n) is 6.80.